The summed E-state index contributed by atoms with van der Waals surface area (Å²) in [6, 6.07) is 0.0675. The van der Waals surface area contributed by atoms with Crippen LogP contribution in [0.15, 0.2) is 12.7 Å². The topological polar surface area (TPSA) is 75.7 Å². The number of amides is 2. The largest absolute Gasteiger partial charge is 0.445 e. The van der Waals surface area contributed by atoms with E-state index in [4.69, 9.17) is 4.74 Å². The Balaban J connectivity index is 2.24. The number of nitrogens with one attached hydrogen (secondary N) is 1. The molecule has 0 radical (unpaired) electrons. The average molecular weight is 282 g/mol. The summed E-state index contributed by atoms with van der Waals surface area (Å²) in [5, 5.41) is 2.89. The number of carbonyl (C=O) groups is 3. The molecule has 1 saturated heterocycles. The molecular weight excluding hydrogens is 260 g/mol. The van der Waals surface area contributed by atoms with Gasteiger partial charge in [-0.15, -0.1) is 0 Å². The number of ketones is 1. The highest BCUT2D eigenvalue weighted by molar-refractivity contribution is 5.83. The molecule has 1 rings (SSSR count). The molecule has 0 bridgehead atoms. The number of piperidine rings is 1. The third kappa shape index (κ3) is 5.86. The lowest BCUT2D eigenvalue weighted by molar-refractivity contribution is -0.125. The summed E-state index contributed by atoms with van der Waals surface area (Å²) in [7, 11) is 0. The molecule has 0 unspecified atom stereocenters. The van der Waals surface area contributed by atoms with Gasteiger partial charge in [-0.3, -0.25) is 4.79 Å². The van der Waals surface area contributed by atoms with E-state index in [0.717, 1.165) is 0 Å². The van der Waals surface area contributed by atoms with E-state index in [0.29, 0.717) is 25.9 Å². The molecule has 0 aromatic rings. The SMILES string of the molecule is C=CCOC(=O)N1CCC(NC(=O)CCC(C)=O)CC1. The zero-order valence-electron chi connectivity index (χ0n) is 11.9. The van der Waals surface area contributed by atoms with Crippen LogP contribution in [0.2, 0.25) is 0 Å². The van der Waals surface area contributed by atoms with E-state index in [1.807, 2.05) is 0 Å². The number of hydrogen-bond donors (Lipinski definition) is 1. The van der Waals surface area contributed by atoms with Crippen LogP contribution >= 0.6 is 0 Å². The van der Waals surface area contributed by atoms with Gasteiger partial charge < -0.3 is 19.7 Å². The van der Waals surface area contributed by atoms with Crippen LogP contribution in [0.4, 0.5) is 4.79 Å². The monoisotopic (exact) mass is 282 g/mol. The second kappa shape index (κ2) is 8.35. The molecule has 0 aliphatic carbocycles. The van der Waals surface area contributed by atoms with Crippen LogP contribution in [0.25, 0.3) is 0 Å². The van der Waals surface area contributed by atoms with Gasteiger partial charge in [0, 0.05) is 32.0 Å². The standard InChI is InChI=1S/C14H22N2O4/c1-3-10-20-14(19)16-8-6-12(7-9-16)15-13(18)5-4-11(2)17/h3,12H,1,4-10H2,2H3,(H,15,18). The summed E-state index contributed by atoms with van der Waals surface area (Å²) in [4.78, 5) is 35.6. The zero-order valence-corrected chi connectivity index (χ0v) is 11.9. The minimum atomic E-state index is -0.341. The summed E-state index contributed by atoms with van der Waals surface area (Å²) in [5.41, 5.74) is 0. The number of likely N-dealkylation sites (tertiary alicyclic amines) is 1. The highest BCUT2D eigenvalue weighted by Gasteiger charge is 2.24. The van der Waals surface area contributed by atoms with E-state index in [1.54, 1.807) is 4.90 Å². The third-order valence-electron chi connectivity index (χ3n) is 3.15. The number of carbonyl (C=O) groups excluding carboxylic acids is 3. The second-order valence-electron chi connectivity index (χ2n) is 4.90. The Kier molecular flexibility index (Phi) is 6.76. The molecule has 0 spiro atoms. The summed E-state index contributed by atoms with van der Waals surface area (Å²) in [6.07, 6.45) is 3.10. The minimum absolute atomic E-state index is 0.0138. The van der Waals surface area contributed by atoms with Gasteiger partial charge >= 0.3 is 6.09 Å². The van der Waals surface area contributed by atoms with Gasteiger partial charge in [-0.1, -0.05) is 12.7 Å². The lowest BCUT2D eigenvalue weighted by Crippen LogP contribution is -2.46. The van der Waals surface area contributed by atoms with Crippen LogP contribution in [-0.4, -0.2) is 48.4 Å². The Morgan fingerprint density at radius 2 is 1.95 bits per heavy atom. The van der Waals surface area contributed by atoms with Gasteiger partial charge in [0.1, 0.15) is 12.4 Å². The highest BCUT2D eigenvalue weighted by atomic mass is 16.6. The first-order chi connectivity index (χ1) is 9.52. The van der Waals surface area contributed by atoms with Crippen LogP contribution < -0.4 is 5.32 Å². The number of ether oxygens (including phenoxy) is 1. The first-order valence-corrected chi connectivity index (χ1v) is 6.84. The van der Waals surface area contributed by atoms with Crippen LogP contribution in [0.5, 0.6) is 0 Å². The maximum absolute atomic E-state index is 11.6. The van der Waals surface area contributed by atoms with Crippen LogP contribution in [-0.2, 0) is 14.3 Å². The lowest BCUT2D eigenvalue weighted by Gasteiger charge is -2.31. The normalized spacial score (nSPS) is 15.6. The molecule has 1 fully saturated rings. The van der Waals surface area contributed by atoms with E-state index in [9.17, 15) is 14.4 Å². The lowest BCUT2D eigenvalue weighted by atomic mass is 10.1. The van der Waals surface area contributed by atoms with Gasteiger partial charge in [0.25, 0.3) is 0 Å². The van der Waals surface area contributed by atoms with Gasteiger partial charge in [-0.25, -0.2) is 4.79 Å². The van der Waals surface area contributed by atoms with E-state index in [2.05, 4.69) is 11.9 Å². The van der Waals surface area contributed by atoms with Crippen molar-refractivity contribution in [3.63, 3.8) is 0 Å². The number of rotatable bonds is 6. The Morgan fingerprint density at radius 3 is 2.50 bits per heavy atom. The zero-order chi connectivity index (χ0) is 15.0. The van der Waals surface area contributed by atoms with Gasteiger partial charge in [-0.2, -0.15) is 0 Å². The first-order valence-electron chi connectivity index (χ1n) is 6.84. The van der Waals surface area contributed by atoms with Gasteiger partial charge in [-0.05, 0) is 19.8 Å². The van der Waals surface area contributed by atoms with Gasteiger partial charge in [0.15, 0.2) is 0 Å². The molecule has 1 heterocycles. The molecule has 0 aromatic carbocycles. The molecule has 6 heteroatoms. The molecule has 1 aliphatic heterocycles. The van der Waals surface area contributed by atoms with E-state index >= 15 is 0 Å². The van der Waals surface area contributed by atoms with E-state index in [-0.39, 0.29) is 43.3 Å². The highest BCUT2D eigenvalue weighted by Crippen LogP contribution is 2.11. The van der Waals surface area contributed by atoms with Crippen molar-refractivity contribution in [2.24, 2.45) is 0 Å². The van der Waals surface area contributed by atoms with Crippen molar-refractivity contribution in [1.29, 1.82) is 0 Å². The van der Waals surface area contributed by atoms with Gasteiger partial charge in [0.2, 0.25) is 5.91 Å². The van der Waals surface area contributed by atoms with Crippen molar-refractivity contribution >= 4 is 17.8 Å². The summed E-state index contributed by atoms with van der Waals surface area (Å²) < 4.78 is 4.96. The predicted octanol–water partition coefficient (Wildman–Crippen LogP) is 1.26. The third-order valence-corrected chi connectivity index (χ3v) is 3.15. The van der Waals surface area contributed by atoms with Gasteiger partial charge in [0.05, 0.1) is 0 Å². The molecular formula is C14H22N2O4. The maximum Gasteiger partial charge on any atom is 0.410 e. The number of hydrogen-bond acceptors (Lipinski definition) is 4. The quantitative estimate of drug-likeness (QED) is 0.744. The molecule has 2 amide bonds. The van der Waals surface area contributed by atoms with E-state index < -0.39 is 0 Å². The van der Waals surface area contributed by atoms with Crippen molar-refractivity contribution in [1.82, 2.24) is 10.2 Å². The van der Waals surface area contributed by atoms with Crippen molar-refractivity contribution < 1.29 is 19.1 Å². The first kappa shape index (κ1) is 16.2. The molecule has 112 valence electrons. The second-order valence-corrected chi connectivity index (χ2v) is 4.90. The van der Waals surface area contributed by atoms with Crippen molar-refractivity contribution in [2.75, 3.05) is 19.7 Å². The van der Waals surface area contributed by atoms with Crippen molar-refractivity contribution in [3.8, 4) is 0 Å². The Morgan fingerprint density at radius 1 is 1.30 bits per heavy atom. The maximum atomic E-state index is 11.6. The molecule has 6 nitrogen and oxygen atoms in total. The van der Waals surface area contributed by atoms with Crippen LogP contribution in [0.1, 0.15) is 32.6 Å². The number of Topliss-reactive ketones (excluding diaryl/α,β-unsaturated/α-hetero) is 1. The Labute approximate surface area is 119 Å². The van der Waals surface area contributed by atoms with Crippen LogP contribution in [0, 0.1) is 0 Å². The summed E-state index contributed by atoms with van der Waals surface area (Å²) in [5.74, 6) is -0.0900. The van der Waals surface area contributed by atoms with E-state index in [1.165, 1.54) is 13.0 Å². The fourth-order valence-corrected chi connectivity index (χ4v) is 2.02. The summed E-state index contributed by atoms with van der Waals surface area (Å²) >= 11 is 0. The van der Waals surface area contributed by atoms with Crippen molar-refractivity contribution in [3.05, 3.63) is 12.7 Å². The minimum Gasteiger partial charge on any atom is -0.445 e. The average Bonchev–Trinajstić information content (AvgIpc) is 2.43. The molecule has 1 aliphatic rings. The fraction of sp³-hybridized carbons (Fsp3) is 0.643. The summed E-state index contributed by atoms with van der Waals surface area (Å²) in [6.45, 7) is 6.29. The molecule has 0 aromatic heterocycles. The predicted molar refractivity (Wildman–Crippen MR) is 74.2 cm³/mol. The Hall–Kier alpha value is -1.85. The van der Waals surface area contributed by atoms with Crippen molar-refractivity contribution in [2.45, 2.75) is 38.6 Å². The fourth-order valence-electron chi connectivity index (χ4n) is 2.02. The Bertz CT molecular complexity index is 373. The number of nitrogens with zero attached hydrogens (tertiary/aromatic N) is 1. The molecule has 0 atom stereocenters. The molecule has 20 heavy (non-hydrogen) atoms. The smallest absolute Gasteiger partial charge is 0.410 e. The van der Waals surface area contributed by atoms with Crippen LogP contribution in [0.3, 0.4) is 0 Å². The molecule has 0 saturated carbocycles. The molecule has 1 N–H and O–H groups in total.